The zero-order valence-electron chi connectivity index (χ0n) is 44.5. The zero-order chi connectivity index (χ0) is 52.1. The van der Waals surface area contributed by atoms with E-state index in [0.29, 0.717) is 24.2 Å². The van der Waals surface area contributed by atoms with Crippen LogP contribution >= 0.6 is 43.2 Å². The zero-order valence-corrected chi connectivity index (χ0v) is 47.8. The topological polar surface area (TPSA) is 123 Å². The summed E-state index contributed by atoms with van der Waals surface area (Å²) in [5.41, 5.74) is 16.7. The molecule has 4 N–H and O–H groups in total. The van der Waals surface area contributed by atoms with Gasteiger partial charge in [0.05, 0.1) is 22.1 Å². The number of carbonyl (C=O) groups excluding carboxylic acids is 2. The summed E-state index contributed by atoms with van der Waals surface area (Å²) in [4.78, 5) is 29.5. The van der Waals surface area contributed by atoms with Crippen LogP contribution in [0.5, 0.6) is 0 Å². The summed E-state index contributed by atoms with van der Waals surface area (Å²) in [7, 11) is 12.1. The van der Waals surface area contributed by atoms with E-state index in [1.54, 1.807) is 0 Å². The highest BCUT2D eigenvalue weighted by Gasteiger charge is 2.19. The number of unbranched alkanes of at least 4 members (excludes halogenated alkanes) is 2. The maximum atomic E-state index is 12.9. The normalized spacial score (nSPS) is 15.2. The van der Waals surface area contributed by atoms with Crippen LogP contribution in [0.4, 0.5) is 39.8 Å². The molecular formula is C58H79N9O2S4+2. The predicted octanol–water partition coefficient (Wildman–Crippen LogP) is 14.6. The fourth-order valence-electron chi connectivity index (χ4n) is 9.08. The largest absolute Gasteiger partial charge is 0.398 e. The second-order valence-corrected chi connectivity index (χ2v) is 24.2. The molecule has 0 spiro atoms. The van der Waals surface area contributed by atoms with E-state index in [2.05, 4.69) is 138 Å². The molecule has 0 saturated carbocycles. The summed E-state index contributed by atoms with van der Waals surface area (Å²) < 4.78 is 4.30. The molecule has 73 heavy (non-hydrogen) atoms. The number of hydrogen-bond acceptors (Lipinski definition) is 11. The van der Waals surface area contributed by atoms with Crippen LogP contribution in [0.2, 0.25) is 0 Å². The summed E-state index contributed by atoms with van der Waals surface area (Å²) in [6, 6.07) is 34.6. The highest BCUT2D eigenvalue weighted by Crippen LogP contribution is 2.41. The lowest BCUT2D eigenvalue weighted by atomic mass is 10.1. The number of nitrogens with one attached hydrogen (secondary N) is 2. The van der Waals surface area contributed by atoms with E-state index in [0.717, 1.165) is 107 Å². The molecule has 0 radical (unpaired) electrons. The summed E-state index contributed by atoms with van der Waals surface area (Å²) in [5.74, 6) is 2.72. The minimum atomic E-state index is 0.0367. The number of nitrogen functional groups attached to an aromatic ring is 1. The van der Waals surface area contributed by atoms with Crippen LogP contribution in [-0.4, -0.2) is 60.0 Å². The summed E-state index contributed by atoms with van der Waals surface area (Å²) in [5, 5.41) is 19.2. The number of azo groups is 1. The van der Waals surface area contributed by atoms with Gasteiger partial charge in [0.2, 0.25) is 22.8 Å². The van der Waals surface area contributed by atoms with E-state index in [-0.39, 0.29) is 11.8 Å². The first kappa shape index (κ1) is 57.3. The number of aromatic nitrogens is 2. The number of pyridine rings is 2. The lowest BCUT2D eigenvalue weighted by Gasteiger charge is -2.22. The van der Waals surface area contributed by atoms with Crippen molar-refractivity contribution in [3.63, 3.8) is 0 Å². The fourth-order valence-corrected chi connectivity index (χ4v) is 15.1. The average Bonchev–Trinajstić information content (AvgIpc) is 4.14. The maximum absolute atomic E-state index is 12.9. The highest BCUT2D eigenvalue weighted by molar-refractivity contribution is 8.77. The van der Waals surface area contributed by atoms with Crippen molar-refractivity contribution in [1.29, 1.82) is 0 Å². The van der Waals surface area contributed by atoms with Gasteiger partial charge in [0.25, 0.3) is 0 Å². The van der Waals surface area contributed by atoms with Crippen molar-refractivity contribution in [2.75, 3.05) is 63.9 Å². The second kappa shape index (κ2) is 29.8. The van der Waals surface area contributed by atoms with Crippen molar-refractivity contribution >= 4 is 117 Å². The van der Waals surface area contributed by atoms with Crippen molar-refractivity contribution in [2.45, 2.75) is 116 Å². The SMILES string of the molecule is CCN(CC)c1ccc(N=Nc2cc(C)[n+](C)c3ccccc23)c(NC(=O)CCCCC2CCSS2)c1.CCN(CC)c1cccc(NC(=O)CCCCC2CCSS2)c1.Cc1cc(N)c2ccccc2[n+]1C. The Morgan fingerprint density at radius 3 is 1.70 bits per heavy atom. The molecule has 2 fully saturated rings. The van der Waals surface area contributed by atoms with Gasteiger partial charge in [-0.3, -0.25) is 9.59 Å². The van der Waals surface area contributed by atoms with Gasteiger partial charge in [-0.25, -0.2) is 0 Å². The van der Waals surface area contributed by atoms with E-state index < -0.39 is 0 Å². The van der Waals surface area contributed by atoms with Gasteiger partial charge in [-0.1, -0.05) is 86.3 Å². The van der Waals surface area contributed by atoms with Crippen molar-refractivity contribution < 1.29 is 18.7 Å². The molecule has 15 heteroatoms. The molecule has 4 aromatic carbocycles. The summed E-state index contributed by atoms with van der Waals surface area (Å²) in [6.45, 7) is 16.5. The third-order valence-corrected chi connectivity index (χ3v) is 19.6. The van der Waals surface area contributed by atoms with E-state index in [4.69, 9.17) is 5.73 Å². The number of hydrogen-bond donors (Lipinski definition) is 3. The number of fused-ring (bicyclic) bond motifs is 2. The van der Waals surface area contributed by atoms with Crippen LogP contribution in [0, 0.1) is 13.8 Å². The van der Waals surface area contributed by atoms with E-state index in [1.165, 1.54) is 54.1 Å². The number of benzene rings is 4. The van der Waals surface area contributed by atoms with Crippen LogP contribution in [0.25, 0.3) is 21.8 Å². The van der Waals surface area contributed by atoms with Gasteiger partial charge in [-0.15, -0.1) is 10.2 Å². The smallest absolute Gasteiger partial charge is 0.224 e. The molecular weight excluding hydrogens is 983 g/mol. The number of carbonyl (C=O) groups is 2. The van der Waals surface area contributed by atoms with Gasteiger partial charge in [0.15, 0.2) is 11.4 Å². The molecule has 2 aromatic heterocycles. The summed E-state index contributed by atoms with van der Waals surface area (Å²) >= 11 is 0. The first-order valence-corrected chi connectivity index (χ1v) is 31.0. The van der Waals surface area contributed by atoms with Crippen molar-refractivity contribution in [3.05, 3.63) is 115 Å². The van der Waals surface area contributed by atoms with Gasteiger partial charge in [-0.05, 0) is 115 Å². The molecule has 0 aliphatic carbocycles. The van der Waals surface area contributed by atoms with Crippen LogP contribution < -0.4 is 35.3 Å². The van der Waals surface area contributed by atoms with E-state index in [1.807, 2.05) is 104 Å². The third-order valence-electron chi connectivity index (χ3n) is 13.6. The molecule has 2 aliphatic rings. The van der Waals surface area contributed by atoms with Gasteiger partial charge < -0.3 is 26.2 Å². The Balaban J connectivity index is 0.000000203. The average molecular weight is 1060 g/mol. The molecule has 2 unspecified atom stereocenters. The van der Waals surface area contributed by atoms with E-state index >= 15 is 0 Å². The molecule has 0 bridgehead atoms. The maximum Gasteiger partial charge on any atom is 0.224 e. The van der Waals surface area contributed by atoms with E-state index in [9.17, 15) is 9.59 Å². The Kier molecular flexibility index (Phi) is 23.4. The first-order valence-electron chi connectivity index (χ1n) is 26.3. The van der Waals surface area contributed by atoms with Crippen LogP contribution in [0.3, 0.4) is 0 Å². The molecule has 390 valence electrons. The quantitative estimate of drug-likeness (QED) is 0.0297. The number of amides is 2. The number of para-hydroxylation sites is 2. The number of nitrogens with zero attached hydrogens (tertiary/aromatic N) is 6. The first-order chi connectivity index (χ1) is 35.4. The lowest BCUT2D eigenvalue weighted by molar-refractivity contribution is -0.651. The number of aryl methyl sites for hydroxylation is 4. The molecule has 4 heterocycles. The Hall–Kier alpha value is -4.96. The number of nitrogens with two attached hydrogens (primary N) is 1. The third kappa shape index (κ3) is 17.0. The second-order valence-electron chi connectivity index (χ2n) is 18.6. The summed E-state index contributed by atoms with van der Waals surface area (Å²) in [6.07, 6.45) is 10.4. The molecule has 6 aromatic rings. The molecule has 2 aliphatic heterocycles. The molecule has 2 atom stereocenters. The lowest BCUT2D eigenvalue weighted by Crippen LogP contribution is -2.32. The van der Waals surface area contributed by atoms with Crippen LogP contribution in [0.15, 0.2) is 113 Å². The van der Waals surface area contributed by atoms with Gasteiger partial charge in [-0.2, -0.15) is 9.13 Å². The molecule has 2 saturated heterocycles. The van der Waals surface area contributed by atoms with Crippen LogP contribution in [-0.2, 0) is 23.7 Å². The number of anilines is 5. The van der Waals surface area contributed by atoms with Gasteiger partial charge >= 0.3 is 0 Å². The van der Waals surface area contributed by atoms with Crippen molar-refractivity contribution in [1.82, 2.24) is 0 Å². The highest BCUT2D eigenvalue weighted by atomic mass is 33.1. The predicted molar refractivity (Wildman–Crippen MR) is 319 cm³/mol. The van der Waals surface area contributed by atoms with Crippen molar-refractivity contribution in [3.8, 4) is 0 Å². The Morgan fingerprint density at radius 1 is 0.603 bits per heavy atom. The van der Waals surface area contributed by atoms with Gasteiger partial charge in [0.1, 0.15) is 25.5 Å². The fraction of sp³-hybridized carbons (Fsp3) is 0.448. The monoisotopic (exact) mass is 1060 g/mol. The number of rotatable bonds is 20. The molecule has 11 nitrogen and oxygen atoms in total. The Labute approximate surface area is 451 Å². The minimum absolute atomic E-state index is 0.0367. The molecule has 2 amide bonds. The Bertz CT molecular complexity index is 2750. The van der Waals surface area contributed by atoms with Crippen molar-refractivity contribution in [2.24, 2.45) is 24.3 Å². The standard InChI is InChI=1S/C29H37N5OS2.C18H28N2OS2.C11H12N2/c1-5-34(6-2)22-15-16-25(27(20-22)30-29(35)14-10-7-11-23-17-18-36-37-23)31-32-26-19-21(3)33(4)28-13-9-8-12-24(26)28;1-3-20(4-2)16-9-7-8-15(14-16)19-18(21)11-6-5-10-17-12-13-22-23-17;1-8-7-10(12)9-5-3-4-6-11(9)13(8)2/h8-9,12-13,15-16,19-20,23H,5-7,10-11,14,17-18H2,1-4H3;7-9,14,17H,3-6,10-13H2,1-2H3,(H,19,21);3-7,12H,1-2H3/p+2. The minimum Gasteiger partial charge on any atom is -0.398 e. The van der Waals surface area contributed by atoms with Crippen LogP contribution in [0.1, 0.15) is 103 Å². The van der Waals surface area contributed by atoms with Gasteiger partial charge in [0, 0.05) is 116 Å². The Morgan fingerprint density at radius 2 is 1.12 bits per heavy atom. The molecule has 8 rings (SSSR count).